The van der Waals surface area contributed by atoms with Crippen LogP contribution in [-0.4, -0.2) is 16.1 Å². The largest absolute Gasteiger partial charge is 0.338 e. The average molecular weight is 326 g/mol. The van der Waals surface area contributed by atoms with Crippen LogP contribution >= 0.6 is 15.9 Å². The van der Waals surface area contributed by atoms with Crippen LogP contribution in [0.1, 0.15) is 24.4 Å². The summed E-state index contributed by atoms with van der Waals surface area (Å²) in [5, 5.41) is 3.38. The number of hydrogen-bond acceptors (Lipinski definition) is 2. The van der Waals surface area contributed by atoms with E-state index >= 15 is 0 Å². The Hall–Kier alpha value is -1.20. The van der Waals surface area contributed by atoms with Crippen molar-refractivity contribution < 1.29 is 4.39 Å². The number of nitrogens with zero attached hydrogens (tertiary/aromatic N) is 2. The summed E-state index contributed by atoms with van der Waals surface area (Å²) in [4.78, 5) is 4.33. The lowest BCUT2D eigenvalue weighted by atomic mass is 10.0. The molecule has 0 spiro atoms. The molecule has 1 aromatic carbocycles. The smallest absolute Gasteiger partial charge is 0.137 e. The van der Waals surface area contributed by atoms with Crippen molar-refractivity contribution in [1.29, 1.82) is 0 Å². The van der Waals surface area contributed by atoms with Gasteiger partial charge in [-0.2, -0.15) is 0 Å². The minimum absolute atomic E-state index is 0.0381. The van der Waals surface area contributed by atoms with E-state index in [4.69, 9.17) is 0 Å². The Kier molecular flexibility index (Phi) is 4.71. The van der Waals surface area contributed by atoms with Crippen LogP contribution < -0.4 is 5.32 Å². The van der Waals surface area contributed by atoms with Crippen LogP contribution in [-0.2, 0) is 13.5 Å². The number of aromatic nitrogens is 2. The number of nitrogens with one attached hydrogen (secondary N) is 1. The van der Waals surface area contributed by atoms with E-state index < -0.39 is 0 Å². The minimum Gasteiger partial charge on any atom is -0.338 e. The van der Waals surface area contributed by atoms with Gasteiger partial charge in [0.25, 0.3) is 0 Å². The van der Waals surface area contributed by atoms with Crippen molar-refractivity contribution in [3.05, 3.63) is 52.3 Å². The molecular formula is C14H17BrFN3. The molecule has 1 aromatic heterocycles. The number of rotatable bonds is 5. The van der Waals surface area contributed by atoms with Gasteiger partial charge in [0.1, 0.15) is 11.6 Å². The van der Waals surface area contributed by atoms with Crippen LogP contribution in [0.15, 0.2) is 35.1 Å². The Bertz CT molecular complexity index is 553. The molecule has 5 heteroatoms. The van der Waals surface area contributed by atoms with E-state index in [1.807, 2.05) is 30.8 Å². The third-order valence-electron chi connectivity index (χ3n) is 3.12. The Morgan fingerprint density at radius 2 is 2.26 bits per heavy atom. The molecule has 3 nitrogen and oxygen atoms in total. The second-order valence-electron chi connectivity index (χ2n) is 4.41. The lowest BCUT2D eigenvalue weighted by Crippen LogP contribution is -2.24. The molecule has 0 saturated carbocycles. The fourth-order valence-corrected chi connectivity index (χ4v) is 2.64. The summed E-state index contributed by atoms with van der Waals surface area (Å²) in [5.74, 6) is 0.738. The van der Waals surface area contributed by atoms with E-state index in [0.29, 0.717) is 4.47 Å². The van der Waals surface area contributed by atoms with Crippen LogP contribution in [0.5, 0.6) is 0 Å². The van der Waals surface area contributed by atoms with Crippen molar-refractivity contribution >= 4 is 15.9 Å². The van der Waals surface area contributed by atoms with Crippen molar-refractivity contribution in [3.8, 4) is 0 Å². The molecule has 1 atom stereocenters. The second kappa shape index (κ2) is 6.30. The monoisotopic (exact) mass is 325 g/mol. The fraction of sp³-hybridized carbons (Fsp3) is 0.357. The number of halogens is 2. The van der Waals surface area contributed by atoms with Crippen molar-refractivity contribution in [1.82, 2.24) is 14.9 Å². The van der Waals surface area contributed by atoms with Crippen LogP contribution in [0.3, 0.4) is 0 Å². The maximum absolute atomic E-state index is 13.6. The maximum atomic E-state index is 13.6. The number of aryl methyl sites for hydroxylation is 1. The van der Waals surface area contributed by atoms with E-state index in [1.54, 1.807) is 12.3 Å². The van der Waals surface area contributed by atoms with Crippen LogP contribution in [0.4, 0.5) is 4.39 Å². The molecule has 0 radical (unpaired) electrons. The normalized spacial score (nSPS) is 12.6. The number of likely N-dealkylation sites (N-methyl/N-ethyl adjacent to an activating group) is 1. The zero-order chi connectivity index (χ0) is 13.8. The van der Waals surface area contributed by atoms with Gasteiger partial charge in [0, 0.05) is 31.9 Å². The summed E-state index contributed by atoms with van der Waals surface area (Å²) in [6, 6.07) is 5.16. The van der Waals surface area contributed by atoms with E-state index in [2.05, 4.69) is 26.2 Å². The molecule has 0 saturated heterocycles. The van der Waals surface area contributed by atoms with Gasteiger partial charge >= 0.3 is 0 Å². The van der Waals surface area contributed by atoms with Crippen molar-refractivity contribution in [2.45, 2.75) is 19.4 Å². The molecule has 19 heavy (non-hydrogen) atoms. The summed E-state index contributed by atoms with van der Waals surface area (Å²) < 4.78 is 16.1. The lowest BCUT2D eigenvalue weighted by molar-refractivity contribution is 0.520. The second-order valence-corrected chi connectivity index (χ2v) is 5.20. The molecule has 0 aliphatic rings. The molecule has 2 rings (SSSR count). The molecule has 0 amide bonds. The summed E-state index contributed by atoms with van der Waals surface area (Å²) in [5.41, 5.74) is 0.921. The Morgan fingerprint density at radius 1 is 1.47 bits per heavy atom. The van der Waals surface area contributed by atoms with Gasteiger partial charge in [0.05, 0.1) is 4.47 Å². The van der Waals surface area contributed by atoms with Gasteiger partial charge in [-0.3, -0.25) is 0 Å². The Balaban J connectivity index is 2.29. The third kappa shape index (κ3) is 3.22. The van der Waals surface area contributed by atoms with Gasteiger partial charge < -0.3 is 9.88 Å². The third-order valence-corrected chi connectivity index (χ3v) is 3.95. The molecule has 1 heterocycles. The first kappa shape index (κ1) is 14.2. The van der Waals surface area contributed by atoms with E-state index in [0.717, 1.165) is 24.4 Å². The van der Waals surface area contributed by atoms with E-state index in [-0.39, 0.29) is 11.9 Å². The van der Waals surface area contributed by atoms with Gasteiger partial charge in [-0.15, -0.1) is 0 Å². The molecule has 0 aliphatic heterocycles. The molecule has 1 unspecified atom stereocenters. The van der Waals surface area contributed by atoms with Crippen LogP contribution in [0, 0.1) is 5.82 Å². The highest BCUT2D eigenvalue weighted by Crippen LogP contribution is 2.28. The van der Waals surface area contributed by atoms with Crippen LogP contribution in [0.2, 0.25) is 0 Å². The summed E-state index contributed by atoms with van der Waals surface area (Å²) in [6.07, 6.45) is 4.41. The maximum Gasteiger partial charge on any atom is 0.137 e. The van der Waals surface area contributed by atoms with E-state index in [9.17, 15) is 4.39 Å². The van der Waals surface area contributed by atoms with Gasteiger partial charge in [0.2, 0.25) is 0 Å². The molecule has 2 aromatic rings. The van der Waals surface area contributed by atoms with Crippen molar-refractivity contribution in [2.75, 3.05) is 6.54 Å². The Morgan fingerprint density at radius 3 is 2.89 bits per heavy atom. The van der Waals surface area contributed by atoms with Gasteiger partial charge in [-0.05, 0) is 34.1 Å². The summed E-state index contributed by atoms with van der Waals surface area (Å²) in [7, 11) is 1.96. The molecule has 0 fully saturated rings. The Labute approximate surface area is 121 Å². The van der Waals surface area contributed by atoms with Gasteiger partial charge in [0.15, 0.2) is 0 Å². The molecule has 102 valence electrons. The quantitative estimate of drug-likeness (QED) is 0.914. The number of benzene rings is 1. The highest BCUT2D eigenvalue weighted by Gasteiger charge is 2.18. The zero-order valence-corrected chi connectivity index (χ0v) is 12.6. The van der Waals surface area contributed by atoms with Gasteiger partial charge in [-0.25, -0.2) is 9.37 Å². The molecular weight excluding hydrogens is 309 g/mol. The standard InChI is InChI=1S/C14H17BrFN3/c1-3-17-12(9-13-18-7-8-19(13)2)10-5-4-6-11(16)14(10)15/h4-8,12,17H,3,9H2,1-2H3. The molecule has 0 bridgehead atoms. The number of imidazole rings is 1. The SMILES string of the molecule is CCNC(Cc1nccn1C)c1cccc(F)c1Br. The first-order valence-electron chi connectivity index (χ1n) is 6.27. The van der Waals surface area contributed by atoms with Crippen LogP contribution in [0.25, 0.3) is 0 Å². The summed E-state index contributed by atoms with van der Waals surface area (Å²) in [6.45, 7) is 2.86. The summed E-state index contributed by atoms with van der Waals surface area (Å²) >= 11 is 3.33. The molecule has 0 aliphatic carbocycles. The topological polar surface area (TPSA) is 29.9 Å². The minimum atomic E-state index is -0.236. The zero-order valence-electron chi connectivity index (χ0n) is 11.0. The first-order chi connectivity index (χ1) is 9.13. The predicted octanol–water partition coefficient (Wildman–Crippen LogP) is 3.22. The van der Waals surface area contributed by atoms with Crippen molar-refractivity contribution in [3.63, 3.8) is 0 Å². The average Bonchev–Trinajstić information content (AvgIpc) is 2.78. The van der Waals surface area contributed by atoms with Crippen molar-refractivity contribution in [2.24, 2.45) is 7.05 Å². The lowest BCUT2D eigenvalue weighted by Gasteiger charge is -2.19. The highest BCUT2D eigenvalue weighted by molar-refractivity contribution is 9.10. The fourth-order valence-electron chi connectivity index (χ4n) is 2.10. The number of hydrogen-bond donors (Lipinski definition) is 1. The highest BCUT2D eigenvalue weighted by atomic mass is 79.9. The van der Waals surface area contributed by atoms with Gasteiger partial charge in [-0.1, -0.05) is 19.1 Å². The predicted molar refractivity (Wildman–Crippen MR) is 77.4 cm³/mol. The van der Waals surface area contributed by atoms with E-state index in [1.165, 1.54) is 6.07 Å². The first-order valence-corrected chi connectivity index (χ1v) is 7.06. The molecule has 1 N–H and O–H groups in total.